The maximum Gasteiger partial charge on any atom is 0.243 e. The van der Waals surface area contributed by atoms with E-state index in [9.17, 15) is 8.42 Å². The van der Waals surface area contributed by atoms with Gasteiger partial charge in [0.15, 0.2) is 0 Å². The van der Waals surface area contributed by atoms with Gasteiger partial charge in [-0.3, -0.25) is 0 Å². The number of sulfonamides is 1. The van der Waals surface area contributed by atoms with Gasteiger partial charge in [-0.15, -0.1) is 0 Å². The zero-order valence-corrected chi connectivity index (χ0v) is 16.3. The van der Waals surface area contributed by atoms with Crippen molar-refractivity contribution in [3.8, 4) is 5.75 Å². The minimum atomic E-state index is -3.42. The Morgan fingerprint density at radius 1 is 1.25 bits per heavy atom. The van der Waals surface area contributed by atoms with Gasteiger partial charge in [0, 0.05) is 17.3 Å². The van der Waals surface area contributed by atoms with Crippen molar-refractivity contribution in [2.45, 2.75) is 68.2 Å². The second-order valence-corrected chi connectivity index (χ2v) is 9.81. The number of benzene rings is 1. The average molecular weight is 370 g/mol. The summed E-state index contributed by atoms with van der Waals surface area (Å²) in [5.74, 6) is 0.778. The molecule has 2 saturated heterocycles. The van der Waals surface area contributed by atoms with E-state index in [1.165, 1.54) is 0 Å². The lowest BCUT2D eigenvalue weighted by Crippen LogP contribution is -2.47. The third kappa shape index (κ3) is 3.33. The average Bonchev–Trinajstić information content (AvgIpc) is 2.85. The van der Waals surface area contributed by atoms with Crippen LogP contribution in [0.25, 0.3) is 0 Å². The molecule has 6 heteroatoms. The molecule has 1 aromatic rings. The number of aryl methyl sites for hydroxylation is 1. The Labute approximate surface area is 150 Å². The van der Waals surface area contributed by atoms with E-state index >= 15 is 0 Å². The van der Waals surface area contributed by atoms with Crippen LogP contribution in [0.3, 0.4) is 0 Å². The number of hydrogen-bond donors (Lipinski definition) is 0. The molecule has 0 amide bonds. The number of hydrogen-bond acceptors (Lipinski definition) is 4. The Bertz CT molecular complexity index is 676. The van der Waals surface area contributed by atoms with Gasteiger partial charge in [0.05, 0.1) is 11.5 Å². The highest BCUT2D eigenvalue weighted by Gasteiger charge is 2.47. The van der Waals surface area contributed by atoms with Gasteiger partial charge in [-0.2, -0.15) is 16.1 Å². The fraction of sp³-hybridized carbons (Fsp3) is 0.667. The second kappa shape index (κ2) is 7.26. The lowest BCUT2D eigenvalue weighted by molar-refractivity contribution is 0.253. The van der Waals surface area contributed by atoms with Crippen molar-refractivity contribution in [3.05, 3.63) is 23.8 Å². The molecule has 2 atom stereocenters. The van der Waals surface area contributed by atoms with E-state index < -0.39 is 10.0 Å². The van der Waals surface area contributed by atoms with Gasteiger partial charge >= 0.3 is 0 Å². The first kappa shape index (κ1) is 18.1. The van der Waals surface area contributed by atoms with Gasteiger partial charge in [0.25, 0.3) is 0 Å². The van der Waals surface area contributed by atoms with Crippen LogP contribution in [0.2, 0.25) is 0 Å². The van der Waals surface area contributed by atoms with E-state index in [0.29, 0.717) is 16.8 Å². The normalized spacial score (nSPS) is 27.4. The molecule has 0 N–H and O–H groups in total. The molecule has 24 heavy (non-hydrogen) atoms. The summed E-state index contributed by atoms with van der Waals surface area (Å²) in [4.78, 5) is 0.406. The molecule has 2 bridgehead atoms. The van der Waals surface area contributed by atoms with Crippen LogP contribution < -0.4 is 4.74 Å². The Balaban J connectivity index is 1.85. The topological polar surface area (TPSA) is 46.6 Å². The first-order valence-corrected chi connectivity index (χ1v) is 11.5. The molecule has 1 aromatic carbocycles. The molecule has 2 aliphatic rings. The summed E-state index contributed by atoms with van der Waals surface area (Å²) in [5.41, 5.74) is 0.885. The molecular weight excluding hydrogens is 342 g/mol. The predicted molar refractivity (Wildman–Crippen MR) is 99.3 cm³/mol. The molecular formula is C18H27NO3S2. The molecule has 2 fully saturated rings. The minimum absolute atomic E-state index is 0.169. The van der Waals surface area contributed by atoms with E-state index in [4.69, 9.17) is 4.74 Å². The van der Waals surface area contributed by atoms with E-state index in [-0.39, 0.29) is 12.1 Å². The third-order valence-corrected chi connectivity index (χ3v) is 8.19. The van der Waals surface area contributed by atoms with Gasteiger partial charge < -0.3 is 4.74 Å². The SMILES string of the molecule is CCCOc1ccc(S(=O)(=O)N2C3CCC2CC(SC)C3)cc1C. The summed E-state index contributed by atoms with van der Waals surface area (Å²) >= 11 is 1.88. The number of thioether (sulfide) groups is 1. The highest BCUT2D eigenvalue weighted by Crippen LogP contribution is 2.43. The first-order chi connectivity index (χ1) is 11.5. The number of rotatable bonds is 6. The van der Waals surface area contributed by atoms with Crippen LogP contribution in [0.15, 0.2) is 23.1 Å². The van der Waals surface area contributed by atoms with Crippen LogP contribution in [-0.4, -0.2) is 42.9 Å². The molecule has 0 radical (unpaired) electrons. The maximum atomic E-state index is 13.2. The predicted octanol–water partition coefficient (Wildman–Crippen LogP) is 3.83. The molecule has 2 aliphatic heterocycles. The molecule has 2 unspecified atom stereocenters. The van der Waals surface area contributed by atoms with Crippen LogP contribution in [0.4, 0.5) is 0 Å². The molecule has 134 valence electrons. The second-order valence-electron chi connectivity index (χ2n) is 6.82. The summed E-state index contributed by atoms with van der Waals surface area (Å²) in [6.45, 7) is 4.63. The van der Waals surface area contributed by atoms with Crippen molar-refractivity contribution >= 4 is 21.8 Å². The molecule has 0 aromatic heterocycles. The van der Waals surface area contributed by atoms with Crippen LogP contribution in [0.1, 0.15) is 44.6 Å². The van der Waals surface area contributed by atoms with E-state index in [2.05, 4.69) is 13.2 Å². The van der Waals surface area contributed by atoms with Crippen molar-refractivity contribution in [2.75, 3.05) is 12.9 Å². The Morgan fingerprint density at radius 2 is 1.92 bits per heavy atom. The summed E-state index contributed by atoms with van der Waals surface area (Å²) in [7, 11) is -3.42. The van der Waals surface area contributed by atoms with Gasteiger partial charge in [-0.25, -0.2) is 8.42 Å². The molecule has 0 saturated carbocycles. The van der Waals surface area contributed by atoms with Crippen molar-refractivity contribution in [2.24, 2.45) is 0 Å². The van der Waals surface area contributed by atoms with Crippen LogP contribution in [-0.2, 0) is 10.0 Å². The van der Waals surface area contributed by atoms with Crippen molar-refractivity contribution in [1.29, 1.82) is 0 Å². The molecule has 0 spiro atoms. The number of nitrogens with zero attached hydrogens (tertiary/aromatic N) is 1. The lowest BCUT2D eigenvalue weighted by Gasteiger charge is -2.37. The van der Waals surface area contributed by atoms with Crippen LogP contribution in [0, 0.1) is 6.92 Å². The third-order valence-electron chi connectivity index (χ3n) is 5.14. The van der Waals surface area contributed by atoms with Crippen LogP contribution >= 0.6 is 11.8 Å². The zero-order valence-electron chi connectivity index (χ0n) is 14.7. The summed E-state index contributed by atoms with van der Waals surface area (Å²) in [5, 5.41) is 0.598. The monoisotopic (exact) mass is 369 g/mol. The number of fused-ring (bicyclic) bond motifs is 2. The van der Waals surface area contributed by atoms with Gasteiger partial charge in [-0.1, -0.05) is 6.92 Å². The van der Waals surface area contributed by atoms with E-state index in [1.54, 1.807) is 22.5 Å². The summed E-state index contributed by atoms with van der Waals surface area (Å²) < 4.78 is 33.9. The van der Waals surface area contributed by atoms with E-state index in [0.717, 1.165) is 43.4 Å². The summed E-state index contributed by atoms with van der Waals surface area (Å²) in [6, 6.07) is 5.60. The Hall–Kier alpha value is -0.720. The molecule has 0 aliphatic carbocycles. The summed E-state index contributed by atoms with van der Waals surface area (Å²) in [6.07, 6.45) is 7.02. The largest absolute Gasteiger partial charge is 0.493 e. The Kier molecular flexibility index (Phi) is 5.47. The minimum Gasteiger partial charge on any atom is -0.493 e. The fourth-order valence-corrected chi connectivity index (χ4v) is 6.75. The molecule has 4 nitrogen and oxygen atoms in total. The molecule has 3 rings (SSSR count). The van der Waals surface area contributed by atoms with Crippen LogP contribution in [0.5, 0.6) is 5.75 Å². The lowest BCUT2D eigenvalue weighted by atomic mass is 10.1. The van der Waals surface area contributed by atoms with Crippen molar-refractivity contribution in [3.63, 3.8) is 0 Å². The smallest absolute Gasteiger partial charge is 0.243 e. The van der Waals surface area contributed by atoms with Gasteiger partial charge in [-0.05, 0) is 69.0 Å². The highest BCUT2D eigenvalue weighted by molar-refractivity contribution is 7.99. The first-order valence-electron chi connectivity index (χ1n) is 8.77. The molecule has 2 heterocycles. The maximum absolute atomic E-state index is 13.2. The number of piperidine rings is 1. The zero-order chi connectivity index (χ0) is 17.3. The van der Waals surface area contributed by atoms with Crippen molar-refractivity contribution < 1.29 is 13.2 Å². The fourth-order valence-electron chi connectivity index (χ4n) is 3.95. The Morgan fingerprint density at radius 3 is 2.46 bits per heavy atom. The number of ether oxygens (including phenoxy) is 1. The standard InChI is InChI=1S/C18H27NO3S2/c1-4-9-22-18-8-7-17(10-13(18)2)24(20,21)19-14-5-6-15(19)12-16(11-14)23-3/h7-8,10,14-16H,4-6,9,11-12H2,1-3H3. The quantitative estimate of drug-likeness (QED) is 0.764. The van der Waals surface area contributed by atoms with E-state index in [1.807, 2.05) is 18.7 Å². The van der Waals surface area contributed by atoms with Gasteiger partial charge in [0.1, 0.15) is 5.75 Å². The highest BCUT2D eigenvalue weighted by atomic mass is 32.2. The van der Waals surface area contributed by atoms with Crippen molar-refractivity contribution in [1.82, 2.24) is 4.31 Å². The van der Waals surface area contributed by atoms with Gasteiger partial charge in [0.2, 0.25) is 10.0 Å².